The van der Waals surface area contributed by atoms with Crippen LogP contribution in [0.2, 0.25) is 0 Å². The molecule has 0 aliphatic heterocycles. The van der Waals surface area contributed by atoms with Crippen LogP contribution in [0.15, 0.2) is 30.4 Å². The highest BCUT2D eigenvalue weighted by molar-refractivity contribution is 5.41. The van der Waals surface area contributed by atoms with Crippen LogP contribution in [0.4, 0.5) is 4.39 Å². The van der Waals surface area contributed by atoms with Crippen molar-refractivity contribution in [3.8, 4) is 5.75 Å². The maximum atomic E-state index is 15.3. The fourth-order valence-corrected chi connectivity index (χ4v) is 6.36. The van der Waals surface area contributed by atoms with Crippen molar-refractivity contribution < 1.29 is 14.6 Å². The lowest BCUT2D eigenvalue weighted by molar-refractivity contribution is -0.0112. The molecule has 0 aromatic heterocycles. The predicted octanol–water partition coefficient (Wildman–Crippen LogP) is 4.36. The van der Waals surface area contributed by atoms with Crippen LogP contribution in [0.1, 0.15) is 50.2 Å². The van der Waals surface area contributed by atoms with Gasteiger partial charge in [-0.25, -0.2) is 4.39 Å². The van der Waals surface area contributed by atoms with E-state index in [-0.39, 0.29) is 28.9 Å². The van der Waals surface area contributed by atoms with Gasteiger partial charge in [-0.15, -0.1) is 0 Å². The summed E-state index contributed by atoms with van der Waals surface area (Å²) < 4.78 is 15.3. The van der Waals surface area contributed by atoms with Crippen LogP contribution in [-0.2, 0) is 6.42 Å². The van der Waals surface area contributed by atoms with E-state index in [2.05, 4.69) is 13.5 Å². The summed E-state index contributed by atoms with van der Waals surface area (Å²) in [6, 6.07) is 5.39. The Bertz CT molecular complexity index is 684. The number of aliphatic hydroxyl groups is 1. The molecule has 0 amide bonds. The van der Waals surface area contributed by atoms with Crippen molar-refractivity contribution in [1.29, 1.82) is 0 Å². The molecule has 130 valence electrons. The monoisotopic (exact) mass is 330 g/mol. The number of hydrogen-bond donors (Lipinski definition) is 2. The van der Waals surface area contributed by atoms with Gasteiger partial charge in [-0.2, -0.15) is 0 Å². The molecule has 2 saturated carbocycles. The molecule has 3 aliphatic carbocycles. The molecule has 0 saturated heterocycles. The van der Waals surface area contributed by atoms with Crippen molar-refractivity contribution in [2.45, 2.75) is 57.7 Å². The van der Waals surface area contributed by atoms with Gasteiger partial charge < -0.3 is 10.2 Å². The van der Waals surface area contributed by atoms with Gasteiger partial charge in [0.1, 0.15) is 11.9 Å². The molecular weight excluding hydrogens is 303 g/mol. The van der Waals surface area contributed by atoms with Gasteiger partial charge in [-0.3, -0.25) is 0 Å². The lowest BCUT2D eigenvalue weighted by Crippen LogP contribution is -2.47. The molecule has 3 heteroatoms. The second-order valence-electron chi connectivity index (χ2n) is 8.65. The van der Waals surface area contributed by atoms with Crippen LogP contribution in [-0.4, -0.2) is 22.5 Å². The highest BCUT2D eigenvalue weighted by atomic mass is 19.1. The Kier molecular flexibility index (Phi) is 3.58. The fraction of sp³-hybridized carbons (Fsp3) is 0.619. The predicted molar refractivity (Wildman–Crippen MR) is 92.7 cm³/mol. The number of phenols is 1. The quantitative estimate of drug-likeness (QED) is 0.751. The molecule has 0 radical (unpaired) electrons. The number of benzene rings is 1. The summed E-state index contributed by atoms with van der Waals surface area (Å²) >= 11 is 0. The Labute approximate surface area is 143 Å². The van der Waals surface area contributed by atoms with E-state index in [4.69, 9.17) is 0 Å². The van der Waals surface area contributed by atoms with Crippen molar-refractivity contribution in [1.82, 2.24) is 0 Å². The van der Waals surface area contributed by atoms with E-state index in [9.17, 15) is 10.2 Å². The summed E-state index contributed by atoms with van der Waals surface area (Å²) in [4.78, 5) is 0. The first kappa shape index (κ1) is 16.1. The van der Waals surface area contributed by atoms with E-state index < -0.39 is 12.3 Å². The molecule has 4 rings (SSSR count). The number of aryl methyl sites for hydroxylation is 1. The van der Waals surface area contributed by atoms with Crippen molar-refractivity contribution in [3.05, 3.63) is 41.5 Å². The van der Waals surface area contributed by atoms with Gasteiger partial charge in [0.25, 0.3) is 0 Å². The highest BCUT2D eigenvalue weighted by Gasteiger charge is 2.60. The molecule has 1 aromatic rings. The van der Waals surface area contributed by atoms with E-state index in [1.54, 1.807) is 12.1 Å². The number of aliphatic hydroxyl groups excluding tert-OH is 1. The number of rotatable bonds is 1. The Morgan fingerprint density at radius 3 is 2.79 bits per heavy atom. The van der Waals surface area contributed by atoms with E-state index in [1.807, 2.05) is 13.0 Å². The molecule has 2 fully saturated rings. The Hall–Kier alpha value is -1.35. The first-order chi connectivity index (χ1) is 11.3. The molecule has 24 heavy (non-hydrogen) atoms. The lowest BCUT2D eigenvalue weighted by Gasteiger charge is -2.52. The second kappa shape index (κ2) is 5.32. The van der Waals surface area contributed by atoms with Gasteiger partial charge in [-0.1, -0.05) is 25.1 Å². The topological polar surface area (TPSA) is 40.5 Å². The minimum absolute atomic E-state index is 0.0775. The maximum Gasteiger partial charge on any atom is 0.115 e. The summed E-state index contributed by atoms with van der Waals surface area (Å²) in [6.07, 6.45) is 1.73. The van der Waals surface area contributed by atoms with E-state index in [1.165, 1.54) is 0 Å². The zero-order valence-electron chi connectivity index (χ0n) is 14.5. The van der Waals surface area contributed by atoms with E-state index >= 15 is 4.39 Å². The largest absolute Gasteiger partial charge is 0.508 e. The summed E-state index contributed by atoms with van der Waals surface area (Å²) in [5.74, 6) is 0.770. The number of fused-ring (bicyclic) bond motifs is 5. The van der Waals surface area contributed by atoms with Crippen molar-refractivity contribution >= 4 is 0 Å². The van der Waals surface area contributed by atoms with Gasteiger partial charge in [0.15, 0.2) is 0 Å². The molecule has 0 spiro atoms. The molecular formula is C21H27FO2. The van der Waals surface area contributed by atoms with Crippen LogP contribution in [0.3, 0.4) is 0 Å². The number of hydrogen-bond acceptors (Lipinski definition) is 2. The number of aromatic hydroxyl groups is 1. The van der Waals surface area contributed by atoms with E-state index in [0.29, 0.717) is 18.8 Å². The molecule has 3 aliphatic rings. The minimum atomic E-state index is -0.879. The zero-order chi connectivity index (χ0) is 17.2. The summed E-state index contributed by atoms with van der Waals surface area (Å²) in [6.45, 7) is 8.31. The van der Waals surface area contributed by atoms with Crippen LogP contribution >= 0.6 is 0 Å². The molecule has 0 heterocycles. The normalized spacial score (nSPS) is 43.7. The Morgan fingerprint density at radius 1 is 1.33 bits per heavy atom. The number of halogens is 1. The summed E-state index contributed by atoms with van der Waals surface area (Å²) in [7, 11) is 0. The highest BCUT2D eigenvalue weighted by Crippen LogP contribution is 2.64. The van der Waals surface area contributed by atoms with Crippen molar-refractivity contribution in [3.63, 3.8) is 0 Å². The van der Waals surface area contributed by atoms with Gasteiger partial charge in [-0.05, 0) is 73.1 Å². The molecule has 2 N–H and O–H groups in total. The summed E-state index contributed by atoms with van der Waals surface area (Å²) in [5, 5.41) is 20.4. The van der Waals surface area contributed by atoms with Gasteiger partial charge in [0.2, 0.25) is 0 Å². The average Bonchev–Trinajstić information content (AvgIpc) is 2.76. The zero-order valence-corrected chi connectivity index (χ0v) is 14.5. The van der Waals surface area contributed by atoms with Crippen LogP contribution in [0, 0.1) is 23.2 Å². The smallest absolute Gasteiger partial charge is 0.115 e. The maximum absolute atomic E-state index is 15.3. The third-order valence-corrected chi connectivity index (χ3v) is 7.06. The fourth-order valence-electron chi connectivity index (χ4n) is 6.36. The number of alkyl halides is 1. The second-order valence-corrected chi connectivity index (χ2v) is 8.65. The van der Waals surface area contributed by atoms with Crippen LogP contribution in [0.5, 0.6) is 5.75 Å². The molecule has 2 nitrogen and oxygen atoms in total. The number of phenolic OH excluding ortho intramolecular Hbond substituents is 1. The standard InChI is InChI=1S/C21H27FO2/c1-11(2)18-17(24)10-21(3)9-16(22)19-14-7-5-13(23)8-12(14)4-6-15(19)20(18)21/h5,7-8,15-20,23-24H,1,4,6,9-10H2,2-3H3/t15-,16+,17-,18-,19-,20-,21-/m1/s1. The summed E-state index contributed by atoms with van der Waals surface area (Å²) in [5.41, 5.74) is 3.05. The first-order valence-corrected chi connectivity index (χ1v) is 9.11. The molecule has 0 bridgehead atoms. The van der Waals surface area contributed by atoms with Crippen LogP contribution < -0.4 is 0 Å². The van der Waals surface area contributed by atoms with Crippen molar-refractivity contribution in [2.75, 3.05) is 0 Å². The average molecular weight is 330 g/mol. The van der Waals surface area contributed by atoms with Gasteiger partial charge in [0, 0.05) is 11.8 Å². The van der Waals surface area contributed by atoms with Crippen molar-refractivity contribution in [2.24, 2.45) is 23.2 Å². The third-order valence-electron chi connectivity index (χ3n) is 7.06. The first-order valence-electron chi connectivity index (χ1n) is 9.11. The third kappa shape index (κ3) is 2.17. The Balaban J connectivity index is 1.79. The SMILES string of the molecule is C=C(C)[C@H]1[C@H]2[C@@H]3CCc4cc(O)ccc4[C@H]3[C@@H](F)C[C@]2(C)C[C@H]1O. The lowest BCUT2D eigenvalue weighted by atomic mass is 9.53. The van der Waals surface area contributed by atoms with Crippen LogP contribution in [0.25, 0.3) is 0 Å². The minimum Gasteiger partial charge on any atom is -0.508 e. The van der Waals surface area contributed by atoms with E-state index in [0.717, 1.165) is 29.5 Å². The molecule has 0 unspecified atom stereocenters. The molecule has 7 atom stereocenters. The van der Waals surface area contributed by atoms with Gasteiger partial charge >= 0.3 is 0 Å². The van der Waals surface area contributed by atoms with Gasteiger partial charge in [0.05, 0.1) is 6.10 Å². The molecule has 1 aromatic carbocycles. The Morgan fingerprint density at radius 2 is 2.08 bits per heavy atom.